The fraction of sp³-hybridized carbons (Fsp3) is 0.537. The third kappa shape index (κ3) is 12.4. The molecule has 0 saturated heterocycles. The lowest BCUT2D eigenvalue weighted by atomic mass is 9.89. The van der Waals surface area contributed by atoms with Gasteiger partial charge in [-0.05, 0) is 89.8 Å². The smallest absolute Gasteiger partial charge is 0.262 e. The van der Waals surface area contributed by atoms with Crippen LogP contribution in [0.3, 0.4) is 0 Å². The Bertz CT molecular complexity index is 1550. The highest BCUT2D eigenvalue weighted by Crippen LogP contribution is 2.37. The number of unbranched alkanes of at least 4 members (excludes halogenated alkanes) is 7. The summed E-state index contributed by atoms with van der Waals surface area (Å²) >= 11 is 0. The fourth-order valence-corrected chi connectivity index (χ4v) is 7.59. The van der Waals surface area contributed by atoms with Gasteiger partial charge >= 0.3 is 0 Å². The van der Waals surface area contributed by atoms with Gasteiger partial charge in [0.05, 0.1) is 28.6 Å². The Hall–Kier alpha value is -3.52. The molecule has 0 saturated carbocycles. The molecule has 8 heteroatoms. The molecule has 0 radical (unpaired) electrons. The van der Waals surface area contributed by atoms with Crippen LogP contribution >= 0.6 is 0 Å². The first kappa shape index (κ1) is 39.9. The topological polar surface area (TPSA) is 96.5 Å². The molecule has 270 valence electrons. The molecule has 0 aliphatic rings. The third-order valence-corrected chi connectivity index (χ3v) is 10.3. The Morgan fingerprint density at radius 1 is 0.673 bits per heavy atom. The maximum atomic E-state index is 14.2. The Morgan fingerprint density at radius 3 is 1.82 bits per heavy atom. The van der Waals surface area contributed by atoms with Gasteiger partial charge in [0.2, 0.25) is 5.91 Å². The number of hydrogen-bond acceptors (Lipinski definition) is 5. The number of carbonyl (C=O) groups is 1. The Kier molecular flexibility index (Phi) is 16.0. The Morgan fingerprint density at radius 2 is 1.24 bits per heavy atom. The van der Waals surface area contributed by atoms with Gasteiger partial charge in [0.1, 0.15) is 5.75 Å². The first-order chi connectivity index (χ1) is 23.4. The molecule has 3 aromatic carbocycles. The molecule has 0 heterocycles. The quantitative estimate of drug-likeness (QED) is 0.0966. The van der Waals surface area contributed by atoms with Crippen molar-refractivity contribution in [3.05, 3.63) is 71.3 Å². The number of carbonyl (C=O) groups excluding carboxylic acids is 1. The molecule has 3 rings (SSSR count). The average Bonchev–Trinajstić information content (AvgIpc) is 3.05. The molecule has 0 aromatic heterocycles. The van der Waals surface area contributed by atoms with Crippen LogP contribution in [0, 0.1) is 0 Å². The van der Waals surface area contributed by atoms with Gasteiger partial charge in [-0.2, -0.15) is 0 Å². The number of nitrogens with one attached hydrogen (secondary N) is 3. The number of ether oxygens (including phenoxy) is 1. The second kappa shape index (κ2) is 19.6. The predicted octanol–water partition coefficient (Wildman–Crippen LogP) is 11.9. The van der Waals surface area contributed by atoms with Crippen molar-refractivity contribution in [3.8, 4) is 5.75 Å². The number of sulfonamides is 1. The summed E-state index contributed by atoms with van der Waals surface area (Å²) in [6.07, 6.45) is 10.3. The molecule has 0 fully saturated rings. The third-order valence-electron chi connectivity index (χ3n) is 8.80. The summed E-state index contributed by atoms with van der Waals surface area (Å²) in [5.74, 6) is 1.02. The van der Waals surface area contributed by atoms with Crippen LogP contribution in [0.25, 0.3) is 0 Å². The van der Waals surface area contributed by atoms with Gasteiger partial charge in [0.15, 0.2) is 0 Å². The van der Waals surface area contributed by atoms with E-state index >= 15 is 0 Å². The summed E-state index contributed by atoms with van der Waals surface area (Å²) in [5.41, 5.74) is 5.15. The molecular formula is C41H61N3O4S. The Balaban J connectivity index is 1.91. The molecule has 1 amide bonds. The molecule has 7 nitrogen and oxygen atoms in total. The largest absolute Gasteiger partial charge is 0.494 e. The lowest BCUT2D eigenvalue weighted by molar-refractivity contribution is -0.116. The van der Waals surface area contributed by atoms with Gasteiger partial charge in [-0.1, -0.05) is 112 Å². The van der Waals surface area contributed by atoms with E-state index in [1.54, 1.807) is 18.2 Å². The summed E-state index contributed by atoms with van der Waals surface area (Å²) < 4.78 is 37.2. The predicted molar refractivity (Wildman–Crippen MR) is 207 cm³/mol. The van der Waals surface area contributed by atoms with E-state index < -0.39 is 10.0 Å². The fourth-order valence-electron chi connectivity index (χ4n) is 5.84. The molecule has 0 atom stereocenters. The van der Waals surface area contributed by atoms with Gasteiger partial charge in [0.25, 0.3) is 10.0 Å². The normalized spacial score (nSPS) is 11.7. The van der Waals surface area contributed by atoms with Gasteiger partial charge in [-0.25, -0.2) is 8.42 Å². The number of benzene rings is 3. The van der Waals surface area contributed by atoms with Gasteiger partial charge < -0.3 is 15.4 Å². The van der Waals surface area contributed by atoms with Crippen LogP contribution in [0.1, 0.15) is 154 Å². The molecule has 0 unspecified atom stereocenters. The van der Waals surface area contributed by atoms with E-state index in [2.05, 4.69) is 43.1 Å². The highest BCUT2D eigenvalue weighted by Gasteiger charge is 2.27. The highest BCUT2D eigenvalue weighted by molar-refractivity contribution is 7.92. The maximum absolute atomic E-state index is 14.2. The van der Waals surface area contributed by atoms with Crippen molar-refractivity contribution in [1.82, 2.24) is 0 Å². The standard InChI is InChI=1S/C41H61N3O4S/c1-9-11-13-15-16-18-40(45)43-39-28-34(21-24-38(39)42-33-19-22-35(23-20-33)48-25-17-14-12-10-2)44-49(46,47)41-36(30(5)6)26-32(29(3)4)27-37(41)31(7)8/h19-24,26-31,42,44H,9-18,25H2,1-8H3,(H,43,45). The molecule has 49 heavy (non-hydrogen) atoms. The van der Waals surface area contributed by atoms with Crippen molar-refractivity contribution in [1.29, 1.82) is 0 Å². The SMILES string of the molecule is CCCCCCCC(=O)Nc1cc(NS(=O)(=O)c2c(C(C)C)cc(C(C)C)cc2C(C)C)ccc1Nc1ccc(OCCCCCC)cc1. The number of anilines is 4. The van der Waals surface area contributed by atoms with Crippen molar-refractivity contribution in [2.24, 2.45) is 0 Å². The van der Waals surface area contributed by atoms with E-state index in [4.69, 9.17) is 4.74 Å². The maximum Gasteiger partial charge on any atom is 0.262 e. The minimum absolute atomic E-state index is 0.0133. The van der Waals surface area contributed by atoms with Crippen molar-refractivity contribution in [3.63, 3.8) is 0 Å². The van der Waals surface area contributed by atoms with E-state index in [0.29, 0.717) is 35.0 Å². The van der Waals surface area contributed by atoms with Gasteiger partial charge in [0, 0.05) is 12.1 Å². The zero-order valence-corrected chi connectivity index (χ0v) is 32.1. The van der Waals surface area contributed by atoms with Crippen molar-refractivity contribution < 1.29 is 17.9 Å². The molecule has 0 spiro atoms. The summed E-state index contributed by atoms with van der Waals surface area (Å²) in [5, 5.41) is 6.47. The summed E-state index contributed by atoms with van der Waals surface area (Å²) in [4.78, 5) is 13.5. The first-order valence-electron chi connectivity index (χ1n) is 18.5. The minimum atomic E-state index is -3.96. The minimum Gasteiger partial charge on any atom is -0.494 e. The van der Waals surface area contributed by atoms with Crippen LogP contribution in [0.15, 0.2) is 59.5 Å². The van der Waals surface area contributed by atoms with Crippen molar-refractivity contribution >= 4 is 38.7 Å². The van der Waals surface area contributed by atoms with Crippen molar-refractivity contribution in [2.45, 2.75) is 142 Å². The first-order valence-corrected chi connectivity index (χ1v) is 20.0. The summed E-state index contributed by atoms with van der Waals surface area (Å²) in [6, 6.07) is 17.1. The van der Waals surface area contributed by atoms with Crippen molar-refractivity contribution in [2.75, 3.05) is 22.0 Å². The van der Waals surface area contributed by atoms with Crippen LogP contribution < -0.4 is 20.1 Å². The summed E-state index contributed by atoms with van der Waals surface area (Å²) in [7, 11) is -3.96. The number of hydrogen-bond donors (Lipinski definition) is 3. The van der Waals surface area contributed by atoms with Crippen LogP contribution in [-0.2, 0) is 14.8 Å². The number of rotatable bonds is 21. The zero-order chi connectivity index (χ0) is 36.0. The number of amides is 1. The van der Waals surface area contributed by atoms with E-state index in [9.17, 15) is 13.2 Å². The van der Waals surface area contributed by atoms with Crippen LogP contribution in [0.4, 0.5) is 22.7 Å². The van der Waals surface area contributed by atoms with E-state index in [-0.39, 0.29) is 23.7 Å². The highest BCUT2D eigenvalue weighted by atomic mass is 32.2. The Labute approximate surface area is 297 Å². The lowest BCUT2D eigenvalue weighted by Crippen LogP contribution is -2.19. The second-order valence-corrected chi connectivity index (χ2v) is 15.7. The van der Waals surface area contributed by atoms with E-state index in [1.165, 1.54) is 12.8 Å². The van der Waals surface area contributed by atoms with Gasteiger partial charge in [-0.3, -0.25) is 9.52 Å². The van der Waals surface area contributed by atoms with Crippen LogP contribution in [0.5, 0.6) is 5.75 Å². The molecule has 0 bridgehead atoms. The molecule has 0 aliphatic heterocycles. The zero-order valence-electron chi connectivity index (χ0n) is 31.2. The second-order valence-electron chi connectivity index (χ2n) is 14.1. The summed E-state index contributed by atoms with van der Waals surface area (Å²) in [6.45, 7) is 17.5. The molecule has 0 aliphatic carbocycles. The average molecular weight is 692 g/mol. The van der Waals surface area contributed by atoms with Crippen LogP contribution in [0.2, 0.25) is 0 Å². The molecule has 3 aromatic rings. The van der Waals surface area contributed by atoms with E-state index in [1.807, 2.05) is 64.1 Å². The van der Waals surface area contributed by atoms with Crippen LogP contribution in [-0.4, -0.2) is 20.9 Å². The monoisotopic (exact) mass is 691 g/mol. The lowest BCUT2D eigenvalue weighted by Gasteiger charge is -2.23. The van der Waals surface area contributed by atoms with E-state index in [0.717, 1.165) is 73.1 Å². The van der Waals surface area contributed by atoms with Gasteiger partial charge in [-0.15, -0.1) is 0 Å². The molecule has 3 N–H and O–H groups in total. The molecular weight excluding hydrogens is 631 g/mol.